The zero-order chi connectivity index (χ0) is 12.4. The summed E-state index contributed by atoms with van der Waals surface area (Å²) in [6.07, 6.45) is 1.78. The number of aryl methyl sites for hydroxylation is 1. The Bertz CT molecular complexity index is 659. The van der Waals surface area contributed by atoms with E-state index in [9.17, 15) is 0 Å². The van der Waals surface area contributed by atoms with Crippen LogP contribution in [-0.2, 0) is 13.6 Å². The number of anilines is 1. The molecular weight excluding hydrogens is 226 g/mol. The number of rotatable bonds is 3. The van der Waals surface area contributed by atoms with E-state index < -0.39 is 0 Å². The molecule has 0 saturated heterocycles. The van der Waals surface area contributed by atoms with Gasteiger partial charge < -0.3 is 5.32 Å². The molecule has 90 valence electrons. The van der Waals surface area contributed by atoms with Crippen molar-refractivity contribution in [3.63, 3.8) is 0 Å². The number of fused-ring (bicyclic) bond motifs is 1. The van der Waals surface area contributed by atoms with Crippen molar-refractivity contribution in [1.29, 1.82) is 0 Å². The van der Waals surface area contributed by atoms with Crippen molar-refractivity contribution in [2.75, 3.05) is 5.32 Å². The van der Waals surface area contributed by atoms with Crippen LogP contribution in [0.3, 0.4) is 0 Å². The minimum absolute atomic E-state index is 0.740. The van der Waals surface area contributed by atoms with Gasteiger partial charge in [-0.1, -0.05) is 35.5 Å². The molecule has 5 nitrogen and oxygen atoms in total. The summed E-state index contributed by atoms with van der Waals surface area (Å²) in [6, 6.07) is 12.2. The highest BCUT2D eigenvalue weighted by molar-refractivity contribution is 5.82. The summed E-state index contributed by atoms with van der Waals surface area (Å²) in [5.74, 6) is 0.799. The lowest BCUT2D eigenvalue weighted by Crippen LogP contribution is -2.30. The summed E-state index contributed by atoms with van der Waals surface area (Å²) < 4.78 is 1.87. The van der Waals surface area contributed by atoms with Gasteiger partial charge >= 0.3 is 0 Å². The molecule has 1 aromatic carbocycles. The highest BCUT2D eigenvalue weighted by Gasteiger charge is 2.14. The fraction of sp³-hybridized carbons (Fsp3) is 0.154. The van der Waals surface area contributed by atoms with E-state index in [2.05, 4.69) is 32.7 Å². The second-order valence-corrected chi connectivity index (χ2v) is 4.14. The molecule has 3 rings (SSSR count). The first-order valence-electron chi connectivity index (χ1n) is 5.81. The number of nitrogens with one attached hydrogen (secondary N) is 2. The van der Waals surface area contributed by atoms with E-state index in [0.717, 1.165) is 23.4 Å². The van der Waals surface area contributed by atoms with Crippen LogP contribution in [0.5, 0.6) is 0 Å². The summed E-state index contributed by atoms with van der Waals surface area (Å²) in [5.41, 5.74) is 3.10. The van der Waals surface area contributed by atoms with Crippen LogP contribution >= 0.6 is 0 Å². The lowest BCUT2D eigenvalue weighted by Gasteiger charge is -2.03. The number of nitrogens with zero attached hydrogens (tertiary/aromatic N) is 3. The molecule has 0 radical (unpaired) electrons. The van der Waals surface area contributed by atoms with Gasteiger partial charge in [0.25, 0.3) is 5.52 Å². The highest BCUT2D eigenvalue weighted by atomic mass is 15.4. The van der Waals surface area contributed by atoms with Gasteiger partial charge in [-0.25, -0.2) is 4.98 Å². The summed E-state index contributed by atoms with van der Waals surface area (Å²) >= 11 is 0. The average Bonchev–Trinajstić information content (AvgIpc) is 2.80. The zero-order valence-corrected chi connectivity index (χ0v) is 10.1. The maximum Gasteiger partial charge on any atom is 0.290 e. The van der Waals surface area contributed by atoms with Crippen molar-refractivity contribution < 1.29 is 4.68 Å². The Hall–Kier alpha value is -2.43. The molecule has 18 heavy (non-hydrogen) atoms. The molecule has 0 atom stereocenters. The van der Waals surface area contributed by atoms with E-state index in [4.69, 9.17) is 0 Å². The Kier molecular flexibility index (Phi) is 2.64. The van der Waals surface area contributed by atoms with Crippen LogP contribution < -0.4 is 10.00 Å². The molecule has 0 fully saturated rings. The number of aromatic amines is 1. The third kappa shape index (κ3) is 1.90. The molecular formula is C13H14N5+. The lowest BCUT2D eigenvalue weighted by atomic mass is 10.2. The minimum atomic E-state index is 0.740. The van der Waals surface area contributed by atoms with Gasteiger partial charge in [-0.15, -0.1) is 0 Å². The molecule has 0 aliphatic heterocycles. The Morgan fingerprint density at radius 2 is 2.06 bits per heavy atom. The van der Waals surface area contributed by atoms with Gasteiger partial charge in [-0.2, -0.15) is 4.68 Å². The van der Waals surface area contributed by atoms with E-state index in [1.807, 2.05) is 36.0 Å². The van der Waals surface area contributed by atoms with E-state index in [0.29, 0.717) is 0 Å². The highest BCUT2D eigenvalue weighted by Crippen LogP contribution is 2.15. The second-order valence-electron chi connectivity index (χ2n) is 4.14. The summed E-state index contributed by atoms with van der Waals surface area (Å²) in [4.78, 5) is 4.33. The lowest BCUT2D eigenvalue weighted by molar-refractivity contribution is -0.707. The fourth-order valence-electron chi connectivity index (χ4n) is 1.91. The monoisotopic (exact) mass is 240 g/mol. The molecule has 0 unspecified atom stereocenters. The summed E-state index contributed by atoms with van der Waals surface area (Å²) in [5, 5.41) is 10.5. The first-order chi connectivity index (χ1) is 8.84. The maximum absolute atomic E-state index is 4.33. The average molecular weight is 240 g/mol. The van der Waals surface area contributed by atoms with E-state index in [1.165, 1.54) is 5.56 Å². The zero-order valence-electron chi connectivity index (χ0n) is 10.1. The summed E-state index contributed by atoms with van der Waals surface area (Å²) in [6.45, 7) is 0.740. The van der Waals surface area contributed by atoms with Crippen molar-refractivity contribution in [1.82, 2.24) is 15.3 Å². The molecule has 2 N–H and O–H groups in total. The number of hydrogen-bond acceptors (Lipinski definition) is 3. The SMILES string of the molecule is C[n+]1[nH]nc2c(NCc3ccccc3)nccc21. The Morgan fingerprint density at radius 3 is 2.89 bits per heavy atom. The molecule has 0 saturated carbocycles. The standard InChI is InChI=1S/C13H13N5/c1-18-11-7-8-14-13(12(11)16-17-18)15-9-10-5-3-2-4-6-10/h2-8H,9H2,1H3,(H,14,15,17)/p+1. The van der Waals surface area contributed by atoms with E-state index >= 15 is 0 Å². The van der Waals surface area contributed by atoms with Gasteiger partial charge in [0.1, 0.15) is 7.05 Å². The molecule has 0 spiro atoms. The first kappa shape index (κ1) is 10.7. The van der Waals surface area contributed by atoms with Gasteiger partial charge in [0.15, 0.2) is 5.82 Å². The molecule has 2 heterocycles. The molecule has 2 aromatic heterocycles. The summed E-state index contributed by atoms with van der Waals surface area (Å²) in [7, 11) is 1.93. The molecule has 0 amide bonds. The maximum atomic E-state index is 4.33. The molecule has 5 heteroatoms. The van der Waals surface area contributed by atoms with Crippen molar-refractivity contribution in [3.8, 4) is 0 Å². The molecule has 0 aliphatic rings. The normalized spacial score (nSPS) is 10.7. The van der Waals surface area contributed by atoms with Gasteiger partial charge in [0.2, 0.25) is 5.52 Å². The first-order valence-corrected chi connectivity index (χ1v) is 5.81. The molecule has 0 bridgehead atoms. The van der Waals surface area contributed by atoms with Crippen molar-refractivity contribution in [2.24, 2.45) is 7.05 Å². The number of aromatic nitrogens is 4. The van der Waals surface area contributed by atoms with Gasteiger partial charge in [0, 0.05) is 23.9 Å². The molecule has 0 aliphatic carbocycles. The van der Waals surface area contributed by atoms with Crippen molar-refractivity contribution in [3.05, 3.63) is 48.2 Å². The van der Waals surface area contributed by atoms with E-state index in [-0.39, 0.29) is 0 Å². The van der Waals surface area contributed by atoms with Crippen LogP contribution in [0.15, 0.2) is 42.6 Å². The van der Waals surface area contributed by atoms with Crippen LogP contribution in [0.25, 0.3) is 11.0 Å². The smallest absolute Gasteiger partial charge is 0.290 e. The predicted octanol–water partition coefficient (Wildman–Crippen LogP) is 1.39. The van der Waals surface area contributed by atoms with Crippen molar-refractivity contribution in [2.45, 2.75) is 6.54 Å². The minimum Gasteiger partial charge on any atom is -0.362 e. The van der Waals surface area contributed by atoms with Crippen molar-refractivity contribution >= 4 is 16.9 Å². The van der Waals surface area contributed by atoms with Crippen LogP contribution in [0.4, 0.5) is 5.82 Å². The van der Waals surface area contributed by atoms with Crippen LogP contribution in [0.2, 0.25) is 0 Å². The number of pyridine rings is 1. The van der Waals surface area contributed by atoms with Gasteiger partial charge in [0.05, 0.1) is 0 Å². The Morgan fingerprint density at radius 1 is 1.22 bits per heavy atom. The number of hydrogen-bond donors (Lipinski definition) is 2. The topological polar surface area (TPSA) is 57.5 Å². The third-order valence-corrected chi connectivity index (χ3v) is 2.88. The second kappa shape index (κ2) is 4.44. The Labute approximate surface area is 104 Å². The number of benzene rings is 1. The molecule has 3 aromatic rings. The quantitative estimate of drug-likeness (QED) is 0.680. The van der Waals surface area contributed by atoms with Crippen LogP contribution in [-0.4, -0.2) is 15.3 Å². The number of H-pyrrole nitrogens is 1. The fourth-order valence-corrected chi connectivity index (χ4v) is 1.91. The largest absolute Gasteiger partial charge is 0.362 e. The van der Waals surface area contributed by atoms with Crippen LogP contribution in [0.1, 0.15) is 5.56 Å². The Balaban J connectivity index is 1.87. The van der Waals surface area contributed by atoms with E-state index in [1.54, 1.807) is 6.20 Å². The van der Waals surface area contributed by atoms with Gasteiger partial charge in [-0.3, -0.25) is 0 Å². The van der Waals surface area contributed by atoms with Gasteiger partial charge in [-0.05, 0) is 5.56 Å². The third-order valence-electron chi connectivity index (χ3n) is 2.88. The predicted molar refractivity (Wildman–Crippen MR) is 68.8 cm³/mol. The van der Waals surface area contributed by atoms with Crippen LogP contribution in [0, 0.1) is 0 Å².